The number of aromatic nitrogens is 2. The van der Waals surface area contributed by atoms with Crippen molar-refractivity contribution in [2.24, 2.45) is 5.92 Å². The molecule has 1 aromatic carbocycles. The first-order valence-electron chi connectivity index (χ1n) is 13.0. The topological polar surface area (TPSA) is 98.7 Å². The Morgan fingerprint density at radius 2 is 1.70 bits per heavy atom. The molecule has 2 aliphatic heterocycles. The molecule has 4 heterocycles. The third-order valence-electron chi connectivity index (χ3n) is 7.47. The second kappa shape index (κ2) is 10.8. The molecular formula is C28H35N5O3S. The van der Waals surface area contributed by atoms with E-state index >= 15 is 0 Å². The second-order valence-corrected chi connectivity index (χ2v) is 12.2. The van der Waals surface area contributed by atoms with Crippen LogP contribution in [0.1, 0.15) is 31.7 Å². The summed E-state index contributed by atoms with van der Waals surface area (Å²) in [5.74, 6) is 2.39. The molecule has 2 atom stereocenters. The van der Waals surface area contributed by atoms with Gasteiger partial charge >= 0.3 is 0 Å². The van der Waals surface area contributed by atoms with Crippen LogP contribution in [0, 0.1) is 12.8 Å². The van der Waals surface area contributed by atoms with E-state index in [1.54, 1.807) is 18.3 Å². The molecule has 37 heavy (non-hydrogen) atoms. The first-order valence-corrected chi connectivity index (χ1v) is 14.4. The summed E-state index contributed by atoms with van der Waals surface area (Å²) in [4.78, 5) is 11.4. The zero-order chi connectivity index (χ0) is 26.0. The van der Waals surface area contributed by atoms with Crippen LogP contribution in [0.15, 0.2) is 65.8 Å². The Labute approximate surface area is 219 Å². The van der Waals surface area contributed by atoms with Gasteiger partial charge in [-0.05, 0) is 79.1 Å². The van der Waals surface area contributed by atoms with Gasteiger partial charge in [0.2, 0.25) is 10.0 Å². The third-order valence-corrected chi connectivity index (χ3v) is 9.35. The minimum Gasteiger partial charge on any atom is -0.390 e. The maximum Gasteiger partial charge on any atom is 0.243 e. The Balaban J connectivity index is 1.25. The molecule has 196 valence electrons. The fraction of sp³-hybridized carbons (Fsp3) is 0.429. The van der Waals surface area contributed by atoms with Crippen LogP contribution in [0.3, 0.4) is 0 Å². The minimum absolute atomic E-state index is 0.0375. The number of β-amino-alcohol motifs (C(OH)–C–C–N with tert-alkyl or cyclic N) is 1. The van der Waals surface area contributed by atoms with Gasteiger partial charge in [-0.1, -0.05) is 25.1 Å². The summed E-state index contributed by atoms with van der Waals surface area (Å²) in [5.41, 5.74) is 3.01. The van der Waals surface area contributed by atoms with Crippen molar-refractivity contribution in [3.05, 3.63) is 66.5 Å². The van der Waals surface area contributed by atoms with Gasteiger partial charge < -0.3 is 15.3 Å². The summed E-state index contributed by atoms with van der Waals surface area (Å²) >= 11 is 0. The number of aliphatic hydroxyl groups excluding tert-OH is 1. The summed E-state index contributed by atoms with van der Waals surface area (Å²) < 4.78 is 28.0. The second-order valence-electron chi connectivity index (χ2n) is 10.3. The lowest BCUT2D eigenvalue weighted by Crippen LogP contribution is -2.51. The van der Waals surface area contributed by atoms with E-state index in [-0.39, 0.29) is 17.5 Å². The maximum absolute atomic E-state index is 13.3. The Bertz CT molecular complexity index is 1310. The Morgan fingerprint density at radius 1 is 0.946 bits per heavy atom. The first kappa shape index (κ1) is 25.6. The summed E-state index contributed by atoms with van der Waals surface area (Å²) in [6.07, 6.45) is 5.58. The van der Waals surface area contributed by atoms with E-state index in [1.165, 1.54) is 17.1 Å². The van der Waals surface area contributed by atoms with Gasteiger partial charge in [-0.2, -0.15) is 4.31 Å². The third kappa shape index (κ3) is 5.79. The zero-order valence-electron chi connectivity index (χ0n) is 21.4. The van der Waals surface area contributed by atoms with E-state index in [9.17, 15) is 13.5 Å². The number of aryl methyl sites for hydroxylation is 1. The normalized spacial score (nSPS) is 21.6. The number of hydrogen-bond donors (Lipinski definition) is 2. The average molecular weight is 522 g/mol. The maximum atomic E-state index is 13.3. The molecule has 0 bridgehead atoms. The van der Waals surface area contributed by atoms with Gasteiger partial charge in [0.05, 0.1) is 17.0 Å². The Hall–Kier alpha value is -3.01. The number of nitrogens with zero attached hydrogens (tertiary/aromatic N) is 4. The van der Waals surface area contributed by atoms with Gasteiger partial charge in [-0.15, -0.1) is 0 Å². The molecule has 3 aromatic rings. The molecule has 0 aliphatic carbocycles. The number of nitrogens with one attached hydrogen (secondary N) is 1. The van der Waals surface area contributed by atoms with Gasteiger partial charge in [0.25, 0.3) is 0 Å². The average Bonchev–Trinajstić information content (AvgIpc) is 2.91. The van der Waals surface area contributed by atoms with E-state index < -0.39 is 16.1 Å². The monoisotopic (exact) mass is 521 g/mol. The summed E-state index contributed by atoms with van der Waals surface area (Å²) in [5, 5.41) is 13.9. The van der Waals surface area contributed by atoms with E-state index in [1.807, 2.05) is 43.5 Å². The number of rotatable bonds is 6. The summed E-state index contributed by atoms with van der Waals surface area (Å²) in [7, 11) is -3.72. The highest BCUT2D eigenvalue weighted by Gasteiger charge is 2.35. The van der Waals surface area contributed by atoms with Gasteiger partial charge in [0.15, 0.2) is 0 Å². The van der Waals surface area contributed by atoms with Crippen LogP contribution in [0.5, 0.6) is 0 Å². The lowest BCUT2D eigenvalue weighted by atomic mass is 9.99. The van der Waals surface area contributed by atoms with E-state index in [2.05, 4.69) is 33.2 Å². The molecule has 0 saturated carbocycles. The first-order chi connectivity index (χ1) is 17.8. The number of sulfonamides is 1. The van der Waals surface area contributed by atoms with Crippen molar-refractivity contribution in [1.29, 1.82) is 0 Å². The standard InChI is InChI=1S/C28H35N5O3S/c1-20-10-14-32(15-11-20)28-17-23(9-13-29-28)22-4-6-24(7-5-22)37(35,36)33-16-12-25(26(34)19-33)31-27-8-3-21(2)18-30-27/h3-9,13,17-18,20,25-26,34H,10-12,14-16,19H2,1-2H3,(H,30,31)/t25-,26+/m1/s1. The molecule has 0 spiro atoms. The summed E-state index contributed by atoms with van der Waals surface area (Å²) in [6, 6.07) is 14.6. The highest BCUT2D eigenvalue weighted by molar-refractivity contribution is 7.89. The Morgan fingerprint density at radius 3 is 2.38 bits per heavy atom. The van der Waals surface area contributed by atoms with Crippen LogP contribution in [0.4, 0.5) is 11.6 Å². The zero-order valence-corrected chi connectivity index (χ0v) is 22.2. The van der Waals surface area contributed by atoms with E-state index in [4.69, 9.17) is 0 Å². The molecule has 8 nitrogen and oxygen atoms in total. The number of benzene rings is 1. The van der Waals surface area contributed by atoms with Crippen molar-refractivity contribution < 1.29 is 13.5 Å². The Kier molecular flexibility index (Phi) is 7.46. The highest BCUT2D eigenvalue weighted by Crippen LogP contribution is 2.28. The molecule has 2 N–H and O–H groups in total. The molecule has 2 saturated heterocycles. The van der Waals surface area contributed by atoms with Crippen LogP contribution in [0.2, 0.25) is 0 Å². The van der Waals surface area contributed by atoms with Crippen molar-refractivity contribution in [2.45, 2.75) is 50.2 Å². The fourth-order valence-electron chi connectivity index (χ4n) is 5.01. The SMILES string of the molecule is Cc1ccc(N[C@@H]2CCN(S(=O)(=O)c3ccc(-c4ccnc(N5CCC(C)CC5)c4)cc3)C[C@@H]2O)nc1. The van der Waals surface area contributed by atoms with E-state index in [0.29, 0.717) is 18.8 Å². The number of aliphatic hydroxyl groups is 1. The lowest BCUT2D eigenvalue weighted by Gasteiger charge is -2.35. The predicted molar refractivity (Wildman–Crippen MR) is 146 cm³/mol. The molecule has 0 amide bonds. The van der Waals surface area contributed by atoms with Crippen LogP contribution in [-0.2, 0) is 10.0 Å². The van der Waals surface area contributed by atoms with Gasteiger partial charge in [0.1, 0.15) is 11.6 Å². The number of piperidine rings is 2. The van der Waals surface area contributed by atoms with Crippen LogP contribution >= 0.6 is 0 Å². The smallest absolute Gasteiger partial charge is 0.243 e. The lowest BCUT2D eigenvalue weighted by molar-refractivity contribution is 0.0949. The van der Waals surface area contributed by atoms with Crippen LogP contribution in [-0.4, -0.2) is 66.1 Å². The van der Waals surface area contributed by atoms with E-state index in [0.717, 1.165) is 41.5 Å². The van der Waals surface area contributed by atoms with Gasteiger partial charge in [-0.25, -0.2) is 18.4 Å². The van der Waals surface area contributed by atoms with Crippen molar-refractivity contribution in [1.82, 2.24) is 14.3 Å². The molecular weight excluding hydrogens is 486 g/mol. The molecule has 9 heteroatoms. The number of pyridine rings is 2. The molecule has 5 rings (SSSR count). The highest BCUT2D eigenvalue weighted by atomic mass is 32.2. The van der Waals surface area contributed by atoms with Crippen molar-refractivity contribution in [2.75, 3.05) is 36.4 Å². The molecule has 0 unspecified atom stereocenters. The largest absolute Gasteiger partial charge is 0.390 e. The van der Waals surface area contributed by atoms with Gasteiger partial charge in [0, 0.05) is 38.6 Å². The van der Waals surface area contributed by atoms with Crippen molar-refractivity contribution in [3.8, 4) is 11.1 Å². The number of hydrogen-bond acceptors (Lipinski definition) is 7. The van der Waals surface area contributed by atoms with Gasteiger partial charge in [-0.3, -0.25) is 0 Å². The summed E-state index contributed by atoms with van der Waals surface area (Å²) in [6.45, 7) is 6.64. The molecule has 2 fully saturated rings. The van der Waals surface area contributed by atoms with Crippen molar-refractivity contribution in [3.63, 3.8) is 0 Å². The quantitative estimate of drug-likeness (QED) is 0.507. The predicted octanol–water partition coefficient (Wildman–Crippen LogP) is 3.92. The van der Waals surface area contributed by atoms with Crippen molar-refractivity contribution >= 4 is 21.7 Å². The number of anilines is 2. The molecule has 2 aliphatic rings. The van der Waals surface area contributed by atoms with Crippen LogP contribution < -0.4 is 10.2 Å². The molecule has 2 aromatic heterocycles. The fourth-order valence-corrected chi connectivity index (χ4v) is 6.48. The van der Waals surface area contributed by atoms with Crippen LogP contribution in [0.25, 0.3) is 11.1 Å². The molecule has 0 radical (unpaired) electrons. The minimum atomic E-state index is -3.72.